The van der Waals surface area contributed by atoms with Crippen LogP contribution in [0.2, 0.25) is 10.0 Å². The van der Waals surface area contributed by atoms with E-state index in [0.29, 0.717) is 5.02 Å². The van der Waals surface area contributed by atoms with Gasteiger partial charge in [-0.15, -0.1) is 0 Å². The lowest BCUT2D eigenvalue weighted by molar-refractivity contribution is -0.199. The smallest absolute Gasteiger partial charge is 0.426 e. The number of alkyl halides is 3. The van der Waals surface area contributed by atoms with Crippen LogP contribution in [0.3, 0.4) is 0 Å². The van der Waals surface area contributed by atoms with Crippen LogP contribution in [0.25, 0.3) is 0 Å². The molecule has 1 aromatic carbocycles. The molecular formula is C10H10Cl2F3NO. The van der Waals surface area contributed by atoms with Gasteiger partial charge in [-0.3, -0.25) is 0 Å². The van der Waals surface area contributed by atoms with Gasteiger partial charge in [0.15, 0.2) is 0 Å². The number of nitrogens with two attached hydrogens (primary N) is 1. The summed E-state index contributed by atoms with van der Waals surface area (Å²) >= 11 is 11.3. The normalized spacial score (nSPS) is 15.5. The molecule has 17 heavy (non-hydrogen) atoms. The van der Waals surface area contributed by atoms with E-state index in [1.54, 1.807) is 0 Å². The monoisotopic (exact) mass is 287 g/mol. The molecule has 0 fully saturated rings. The van der Waals surface area contributed by atoms with Gasteiger partial charge in [-0.2, -0.15) is 13.2 Å². The minimum atomic E-state index is -4.56. The molecule has 0 spiro atoms. The number of halogens is 5. The van der Waals surface area contributed by atoms with Crippen LogP contribution < -0.4 is 10.5 Å². The number of ether oxygens (including phenoxy) is 1. The first-order valence-corrected chi connectivity index (χ1v) is 5.41. The fraction of sp³-hybridized carbons (Fsp3) is 0.400. The lowest BCUT2D eigenvalue weighted by Crippen LogP contribution is -2.47. The van der Waals surface area contributed by atoms with Gasteiger partial charge in [-0.1, -0.05) is 23.2 Å². The van der Waals surface area contributed by atoms with E-state index in [1.807, 2.05) is 0 Å². The van der Waals surface area contributed by atoms with Crippen molar-refractivity contribution in [2.24, 2.45) is 5.73 Å². The van der Waals surface area contributed by atoms with Gasteiger partial charge in [0.2, 0.25) is 6.10 Å². The predicted molar refractivity (Wildman–Crippen MR) is 60.6 cm³/mol. The molecule has 0 aromatic heterocycles. The molecule has 2 atom stereocenters. The zero-order valence-corrected chi connectivity index (χ0v) is 10.3. The van der Waals surface area contributed by atoms with Crippen LogP contribution in [0.5, 0.6) is 5.75 Å². The Kier molecular flexibility index (Phi) is 4.52. The van der Waals surface area contributed by atoms with Crippen LogP contribution in [0.1, 0.15) is 6.92 Å². The summed E-state index contributed by atoms with van der Waals surface area (Å²) < 4.78 is 42.6. The highest BCUT2D eigenvalue weighted by atomic mass is 35.5. The van der Waals surface area contributed by atoms with E-state index in [-0.39, 0.29) is 10.8 Å². The van der Waals surface area contributed by atoms with E-state index >= 15 is 0 Å². The van der Waals surface area contributed by atoms with Gasteiger partial charge in [0.1, 0.15) is 5.75 Å². The molecule has 0 saturated heterocycles. The summed E-state index contributed by atoms with van der Waals surface area (Å²) in [4.78, 5) is 0. The van der Waals surface area contributed by atoms with Gasteiger partial charge in [-0.05, 0) is 25.1 Å². The minimum absolute atomic E-state index is 0.00685. The third kappa shape index (κ3) is 3.94. The summed E-state index contributed by atoms with van der Waals surface area (Å²) in [5, 5.41) is 0.319. The van der Waals surface area contributed by atoms with Crippen molar-refractivity contribution in [3.8, 4) is 5.75 Å². The summed E-state index contributed by atoms with van der Waals surface area (Å²) in [5.74, 6) is -0.101. The second-order valence-corrected chi connectivity index (χ2v) is 4.36. The molecule has 2 nitrogen and oxygen atoms in total. The van der Waals surface area contributed by atoms with E-state index < -0.39 is 18.3 Å². The van der Waals surface area contributed by atoms with Crippen molar-refractivity contribution in [2.75, 3.05) is 0 Å². The SMILES string of the molecule is CC(N)C(Oc1ccc(Cl)cc1Cl)C(F)(F)F. The van der Waals surface area contributed by atoms with Crippen LogP contribution >= 0.6 is 23.2 Å². The molecule has 0 amide bonds. The maximum atomic E-state index is 12.6. The Labute approximate surface area is 106 Å². The Morgan fingerprint density at radius 1 is 1.29 bits per heavy atom. The maximum absolute atomic E-state index is 12.6. The fourth-order valence-corrected chi connectivity index (χ4v) is 1.63. The quantitative estimate of drug-likeness (QED) is 0.921. The van der Waals surface area contributed by atoms with Crippen molar-refractivity contribution in [2.45, 2.75) is 25.2 Å². The summed E-state index contributed by atoms with van der Waals surface area (Å²) in [7, 11) is 0. The molecule has 96 valence electrons. The van der Waals surface area contributed by atoms with Crippen LogP contribution in [-0.4, -0.2) is 18.3 Å². The van der Waals surface area contributed by atoms with E-state index in [1.165, 1.54) is 25.1 Å². The van der Waals surface area contributed by atoms with E-state index in [0.717, 1.165) is 0 Å². The number of rotatable bonds is 3. The zero-order valence-electron chi connectivity index (χ0n) is 8.76. The zero-order chi connectivity index (χ0) is 13.2. The van der Waals surface area contributed by atoms with Gasteiger partial charge in [0, 0.05) is 11.1 Å². The standard InChI is InChI=1S/C10H10Cl2F3NO/c1-5(16)9(10(13,14)15)17-8-3-2-6(11)4-7(8)12/h2-5,9H,16H2,1H3. The Balaban J connectivity index is 2.94. The third-order valence-electron chi connectivity index (χ3n) is 1.95. The molecule has 0 saturated carbocycles. The first kappa shape index (κ1) is 14.4. The lowest BCUT2D eigenvalue weighted by atomic mass is 10.2. The molecule has 1 aromatic rings. The summed E-state index contributed by atoms with van der Waals surface area (Å²) in [5.41, 5.74) is 5.24. The molecule has 0 heterocycles. The van der Waals surface area contributed by atoms with Crippen molar-refractivity contribution >= 4 is 23.2 Å². The third-order valence-corrected chi connectivity index (χ3v) is 2.48. The van der Waals surface area contributed by atoms with Crippen LogP contribution in [0.4, 0.5) is 13.2 Å². The average molecular weight is 288 g/mol. The summed E-state index contributed by atoms with van der Waals surface area (Å²) in [6, 6.07) is 2.75. The molecular weight excluding hydrogens is 278 g/mol. The Morgan fingerprint density at radius 3 is 2.29 bits per heavy atom. The molecule has 1 rings (SSSR count). The topological polar surface area (TPSA) is 35.2 Å². The molecule has 0 aliphatic rings. The van der Waals surface area contributed by atoms with Crippen molar-refractivity contribution in [1.82, 2.24) is 0 Å². The van der Waals surface area contributed by atoms with Crippen LogP contribution in [0.15, 0.2) is 18.2 Å². The fourth-order valence-electron chi connectivity index (χ4n) is 1.18. The maximum Gasteiger partial charge on any atom is 0.426 e. The van der Waals surface area contributed by atoms with Gasteiger partial charge in [0.05, 0.1) is 5.02 Å². The van der Waals surface area contributed by atoms with Gasteiger partial charge in [-0.25, -0.2) is 0 Å². The van der Waals surface area contributed by atoms with Crippen molar-refractivity contribution in [3.63, 3.8) is 0 Å². The molecule has 0 bridgehead atoms. The Hall–Kier alpha value is -0.650. The molecule has 2 N–H and O–H groups in total. The molecule has 0 radical (unpaired) electrons. The lowest BCUT2D eigenvalue weighted by Gasteiger charge is -2.25. The summed E-state index contributed by atoms with van der Waals surface area (Å²) in [6.45, 7) is 1.21. The second-order valence-electron chi connectivity index (χ2n) is 3.51. The number of hydrogen-bond acceptors (Lipinski definition) is 2. The molecule has 2 unspecified atom stereocenters. The number of hydrogen-bond donors (Lipinski definition) is 1. The van der Waals surface area contributed by atoms with Crippen molar-refractivity contribution in [1.29, 1.82) is 0 Å². The average Bonchev–Trinajstić information content (AvgIpc) is 2.13. The highest BCUT2D eigenvalue weighted by molar-refractivity contribution is 6.35. The molecule has 7 heteroatoms. The molecule has 0 aliphatic carbocycles. The summed E-state index contributed by atoms with van der Waals surface area (Å²) in [6.07, 6.45) is -6.67. The van der Waals surface area contributed by atoms with Crippen molar-refractivity contribution in [3.05, 3.63) is 28.2 Å². The number of benzene rings is 1. The Morgan fingerprint density at radius 2 is 1.88 bits per heavy atom. The second kappa shape index (κ2) is 5.33. The van der Waals surface area contributed by atoms with Gasteiger partial charge in [0.25, 0.3) is 0 Å². The predicted octanol–water partition coefficient (Wildman–Crippen LogP) is 3.65. The van der Waals surface area contributed by atoms with E-state index in [2.05, 4.69) is 0 Å². The van der Waals surface area contributed by atoms with Crippen molar-refractivity contribution < 1.29 is 17.9 Å². The Bertz CT molecular complexity index is 396. The highest BCUT2D eigenvalue weighted by Gasteiger charge is 2.44. The minimum Gasteiger partial charge on any atom is -0.478 e. The largest absolute Gasteiger partial charge is 0.478 e. The first-order valence-electron chi connectivity index (χ1n) is 4.66. The van der Waals surface area contributed by atoms with Gasteiger partial charge >= 0.3 is 6.18 Å². The van der Waals surface area contributed by atoms with E-state index in [9.17, 15) is 13.2 Å². The van der Waals surface area contributed by atoms with Crippen LogP contribution in [-0.2, 0) is 0 Å². The molecule has 0 aliphatic heterocycles. The first-order chi connectivity index (χ1) is 7.71. The van der Waals surface area contributed by atoms with Crippen LogP contribution in [0, 0.1) is 0 Å². The van der Waals surface area contributed by atoms with Gasteiger partial charge < -0.3 is 10.5 Å². The highest BCUT2D eigenvalue weighted by Crippen LogP contribution is 2.32. The van der Waals surface area contributed by atoms with E-state index in [4.69, 9.17) is 33.7 Å².